The highest BCUT2D eigenvalue weighted by Crippen LogP contribution is 2.16. The van der Waals surface area contributed by atoms with Crippen molar-refractivity contribution in [3.05, 3.63) is 0 Å². The van der Waals surface area contributed by atoms with E-state index in [0.717, 1.165) is 11.8 Å². The maximum Gasteiger partial charge on any atom is 0.408 e. The van der Waals surface area contributed by atoms with Gasteiger partial charge in [-0.2, -0.15) is 0 Å². The summed E-state index contributed by atoms with van der Waals surface area (Å²) in [5.41, 5.74) is -1.36. The largest absolute Gasteiger partial charge is 0.452 e. The molecule has 1 N–H and O–H groups in total. The van der Waals surface area contributed by atoms with Crippen LogP contribution in [0.3, 0.4) is 0 Å². The number of nitrogens with one attached hydrogen (secondary N) is 1. The van der Waals surface area contributed by atoms with Gasteiger partial charge in [0.2, 0.25) is 0 Å². The minimum Gasteiger partial charge on any atom is -0.452 e. The van der Waals surface area contributed by atoms with Crippen molar-refractivity contribution in [2.45, 2.75) is 58.8 Å². The number of alkyl halides is 1. The van der Waals surface area contributed by atoms with Gasteiger partial charge in [-0.25, -0.2) is 14.4 Å². The Kier molecular flexibility index (Phi) is 8.76. The SMILES string of the molecule is CC(C)(C)OC(=O)NC(CSC(=O)OC(C)(C)C)C(=O)OCCl. The molecular formula is C14H24ClNO6S. The lowest BCUT2D eigenvalue weighted by molar-refractivity contribution is -0.143. The Morgan fingerprint density at radius 1 is 1.04 bits per heavy atom. The van der Waals surface area contributed by atoms with E-state index in [1.54, 1.807) is 41.5 Å². The van der Waals surface area contributed by atoms with Gasteiger partial charge < -0.3 is 19.5 Å². The van der Waals surface area contributed by atoms with E-state index in [-0.39, 0.29) is 11.8 Å². The van der Waals surface area contributed by atoms with Crippen LogP contribution in [0.15, 0.2) is 0 Å². The Morgan fingerprint density at radius 3 is 2.00 bits per heavy atom. The molecule has 0 spiro atoms. The third-order valence-electron chi connectivity index (χ3n) is 1.93. The Morgan fingerprint density at radius 2 is 1.57 bits per heavy atom. The van der Waals surface area contributed by atoms with Crippen molar-refractivity contribution < 1.29 is 28.6 Å². The Labute approximate surface area is 145 Å². The van der Waals surface area contributed by atoms with Gasteiger partial charge in [-0.3, -0.25) is 0 Å². The average molecular weight is 370 g/mol. The van der Waals surface area contributed by atoms with Gasteiger partial charge in [-0.05, 0) is 53.3 Å². The number of carbonyl (C=O) groups is 3. The first kappa shape index (κ1) is 21.9. The Balaban J connectivity index is 4.67. The van der Waals surface area contributed by atoms with E-state index in [0.29, 0.717) is 0 Å². The normalized spacial score (nSPS) is 13.0. The van der Waals surface area contributed by atoms with Crippen molar-refractivity contribution in [3.63, 3.8) is 0 Å². The summed E-state index contributed by atoms with van der Waals surface area (Å²) in [5.74, 6) is -0.828. The van der Waals surface area contributed by atoms with Crippen LogP contribution in [0, 0.1) is 0 Å². The number of halogens is 1. The van der Waals surface area contributed by atoms with Crippen LogP contribution in [0.2, 0.25) is 0 Å². The predicted molar refractivity (Wildman–Crippen MR) is 88.7 cm³/mol. The fraction of sp³-hybridized carbons (Fsp3) is 0.786. The Bertz CT molecular complexity index is 430. The molecular weight excluding hydrogens is 346 g/mol. The van der Waals surface area contributed by atoms with Crippen molar-refractivity contribution in [2.75, 3.05) is 11.8 Å². The molecule has 0 rings (SSSR count). The minimum absolute atomic E-state index is 0.0656. The van der Waals surface area contributed by atoms with E-state index in [4.69, 9.17) is 21.1 Å². The maximum absolute atomic E-state index is 11.8. The molecule has 0 radical (unpaired) electrons. The molecule has 1 atom stereocenters. The van der Waals surface area contributed by atoms with Crippen LogP contribution in [-0.2, 0) is 19.0 Å². The zero-order chi connectivity index (χ0) is 18.3. The van der Waals surface area contributed by atoms with Gasteiger partial charge in [0.1, 0.15) is 17.2 Å². The third-order valence-corrected chi connectivity index (χ3v) is 2.86. The van der Waals surface area contributed by atoms with Gasteiger partial charge >= 0.3 is 17.4 Å². The van der Waals surface area contributed by atoms with Crippen LogP contribution in [0.4, 0.5) is 9.59 Å². The molecule has 0 heterocycles. The average Bonchev–Trinajstić information content (AvgIpc) is 2.30. The molecule has 0 aliphatic heterocycles. The van der Waals surface area contributed by atoms with Crippen molar-refractivity contribution in [2.24, 2.45) is 0 Å². The van der Waals surface area contributed by atoms with E-state index in [1.165, 1.54) is 0 Å². The molecule has 0 bridgehead atoms. The number of amides is 1. The van der Waals surface area contributed by atoms with Crippen LogP contribution in [-0.4, -0.2) is 46.4 Å². The Hall–Kier alpha value is -1.15. The summed E-state index contributed by atoms with van der Waals surface area (Å²) in [5, 5.41) is 1.79. The molecule has 7 nitrogen and oxygen atoms in total. The van der Waals surface area contributed by atoms with Gasteiger partial charge in [-0.1, -0.05) is 11.6 Å². The molecule has 9 heteroatoms. The van der Waals surface area contributed by atoms with Crippen LogP contribution >= 0.6 is 23.4 Å². The zero-order valence-electron chi connectivity index (χ0n) is 14.2. The second-order valence-electron chi connectivity index (χ2n) is 6.55. The maximum atomic E-state index is 11.8. The molecule has 0 saturated carbocycles. The number of hydrogen-bond donors (Lipinski definition) is 1. The summed E-state index contributed by atoms with van der Waals surface area (Å²) in [6.07, 6.45) is -0.793. The molecule has 23 heavy (non-hydrogen) atoms. The summed E-state index contributed by atoms with van der Waals surface area (Å²) < 4.78 is 14.8. The number of hydrogen-bond acceptors (Lipinski definition) is 7. The molecule has 1 amide bonds. The number of thioether (sulfide) groups is 1. The molecule has 0 aromatic heterocycles. The van der Waals surface area contributed by atoms with Crippen molar-refractivity contribution in [1.82, 2.24) is 5.32 Å². The predicted octanol–water partition coefficient (Wildman–Crippen LogP) is 3.29. The fourth-order valence-electron chi connectivity index (χ4n) is 1.20. The van der Waals surface area contributed by atoms with E-state index in [1.807, 2.05) is 0 Å². The monoisotopic (exact) mass is 369 g/mol. The highest BCUT2D eigenvalue weighted by atomic mass is 35.5. The van der Waals surface area contributed by atoms with Gasteiger partial charge in [0.25, 0.3) is 0 Å². The van der Waals surface area contributed by atoms with Crippen molar-refractivity contribution >= 4 is 40.7 Å². The van der Waals surface area contributed by atoms with Gasteiger partial charge in [0, 0.05) is 5.75 Å². The lowest BCUT2D eigenvalue weighted by Gasteiger charge is -2.23. The molecule has 0 aromatic carbocycles. The smallest absolute Gasteiger partial charge is 0.408 e. The lowest BCUT2D eigenvalue weighted by Crippen LogP contribution is -2.46. The summed E-state index contributed by atoms with van der Waals surface area (Å²) in [6.45, 7) is 10.2. The van der Waals surface area contributed by atoms with Gasteiger partial charge in [-0.15, -0.1) is 0 Å². The molecule has 0 aliphatic carbocycles. The minimum atomic E-state index is -1.08. The lowest BCUT2D eigenvalue weighted by atomic mass is 10.2. The number of rotatable bonds is 5. The highest BCUT2D eigenvalue weighted by molar-refractivity contribution is 8.13. The van der Waals surface area contributed by atoms with E-state index >= 15 is 0 Å². The molecule has 0 aromatic rings. The number of esters is 1. The number of ether oxygens (including phenoxy) is 3. The standard InChI is InChI=1S/C14H24ClNO6S/c1-13(2,3)21-11(18)16-9(10(17)20-8-15)7-23-12(19)22-14(4,5)6/h9H,7-8H2,1-6H3,(H,16,18). The summed E-state index contributed by atoms with van der Waals surface area (Å²) in [7, 11) is 0. The summed E-state index contributed by atoms with van der Waals surface area (Å²) in [6, 6.07) is -1.44. The highest BCUT2D eigenvalue weighted by Gasteiger charge is 2.27. The topological polar surface area (TPSA) is 90.9 Å². The molecule has 0 aliphatic rings. The number of carbonyl (C=O) groups excluding carboxylic acids is 3. The first-order valence-electron chi connectivity index (χ1n) is 6.92. The van der Waals surface area contributed by atoms with Crippen LogP contribution in [0.1, 0.15) is 41.5 Å². The third kappa shape index (κ3) is 12.0. The first-order valence-corrected chi connectivity index (χ1v) is 8.44. The van der Waals surface area contributed by atoms with Crippen molar-refractivity contribution in [1.29, 1.82) is 0 Å². The molecule has 0 saturated heterocycles. The fourth-order valence-corrected chi connectivity index (χ4v) is 2.14. The van der Waals surface area contributed by atoms with Crippen LogP contribution < -0.4 is 5.32 Å². The van der Waals surface area contributed by atoms with Crippen molar-refractivity contribution in [3.8, 4) is 0 Å². The molecule has 134 valence electrons. The van der Waals surface area contributed by atoms with E-state index < -0.39 is 34.6 Å². The quantitative estimate of drug-likeness (QED) is 0.451. The first-order chi connectivity index (χ1) is 10.3. The van der Waals surface area contributed by atoms with E-state index in [2.05, 4.69) is 10.1 Å². The summed E-state index contributed by atoms with van der Waals surface area (Å²) in [4.78, 5) is 35.2. The van der Waals surface area contributed by atoms with Crippen LogP contribution in [0.25, 0.3) is 0 Å². The zero-order valence-corrected chi connectivity index (χ0v) is 15.8. The van der Waals surface area contributed by atoms with Gasteiger partial charge in [0.15, 0.2) is 6.07 Å². The number of alkyl carbamates (subject to hydrolysis) is 1. The summed E-state index contributed by atoms with van der Waals surface area (Å²) >= 11 is 6.10. The van der Waals surface area contributed by atoms with Crippen LogP contribution in [0.5, 0.6) is 0 Å². The van der Waals surface area contributed by atoms with Gasteiger partial charge in [0.05, 0.1) is 0 Å². The second-order valence-corrected chi connectivity index (χ2v) is 7.72. The van der Waals surface area contributed by atoms with E-state index in [9.17, 15) is 14.4 Å². The molecule has 0 fully saturated rings. The second kappa shape index (κ2) is 9.22. The molecule has 1 unspecified atom stereocenters.